The maximum atomic E-state index is 10.1. The number of piperidine rings is 1. The van der Waals surface area contributed by atoms with Gasteiger partial charge in [0, 0.05) is 35.4 Å². The molecule has 1 aromatic carbocycles. The predicted molar refractivity (Wildman–Crippen MR) is 151 cm³/mol. The van der Waals surface area contributed by atoms with Crippen molar-refractivity contribution in [3.05, 3.63) is 42.2 Å². The lowest BCUT2D eigenvalue weighted by molar-refractivity contribution is 0.111. The zero-order chi connectivity index (χ0) is 25.4. The molecule has 2 aromatic heterocycles. The summed E-state index contributed by atoms with van der Waals surface area (Å²) in [6.07, 6.45) is 15.6. The highest BCUT2D eigenvalue weighted by Gasteiger charge is 2.26. The summed E-state index contributed by atoms with van der Waals surface area (Å²) in [4.78, 5) is 12.3. The third-order valence-electron chi connectivity index (χ3n) is 9.47. The van der Waals surface area contributed by atoms with Gasteiger partial charge in [-0.05, 0) is 108 Å². The summed E-state index contributed by atoms with van der Waals surface area (Å²) in [6, 6.07) is 10.00. The van der Waals surface area contributed by atoms with Crippen LogP contribution in [0.1, 0.15) is 76.3 Å². The van der Waals surface area contributed by atoms with Gasteiger partial charge in [-0.2, -0.15) is 4.98 Å². The summed E-state index contributed by atoms with van der Waals surface area (Å²) < 4.78 is 2.38. The number of anilines is 1. The van der Waals surface area contributed by atoms with Crippen molar-refractivity contribution in [1.29, 1.82) is 0 Å². The third kappa shape index (κ3) is 5.42. The summed E-state index contributed by atoms with van der Waals surface area (Å²) in [5, 5.41) is 14.8. The lowest BCUT2D eigenvalue weighted by Gasteiger charge is -2.31. The molecule has 2 aliphatic carbocycles. The Morgan fingerprint density at radius 1 is 1.00 bits per heavy atom. The zero-order valence-corrected chi connectivity index (χ0v) is 22.6. The van der Waals surface area contributed by atoms with Gasteiger partial charge in [0.2, 0.25) is 5.95 Å². The fourth-order valence-corrected chi connectivity index (χ4v) is 6.62. The molecule has 6 rings (SSSR count). The second kappa shape index (κ2) is 10.7. The molecular weight excluding hydrogens is 458 g/mol. The van der Waals surface area contributed by atoms with Crippen LogP contribution in [0, 0.1) is 11.8 Å². The van der Waals surface area contributed by atoms with Crippen LogP contribution >= 0.6 is 0 Å². The Kier molecular flexibility index (Phi) is 7.22. The Labute approximate surface area is 221 Å². The largest absolute Gasteiger partial charge is 0.393 e. The second-order valence-corrected chi connectivity index (χ2v) is 12.1. The topological polar surface area (TPSA) is 66.2 Å². The van der Waals surface area contributed by atoms with Crippen molar-refractivity contribution in [2.75, 3.05) is 25.5 Å². The number of hydrogen-bond donors (Lipinski definition) is 2. The summed E-state index contributed by atoms with van der Waals surface area (Å²) >= 11 is 0. The number of hydrogen-bond acceptors (Lipinski definition) is 5. The van der Waals surface area contributed by atoms with E-state index in [0.717, 1.165) is 54.5 Å². The van der Waals surface area contributed by atoms with Crippen LogP contribution in [0.3, 0.4) is 0 Å². The number of rotatable bonds is 7. The van der Waals surface area contributed by atoms with E-state index in [-0.39, 0.29) is 6.10 Å². The fraction of sp³-hybridized carbons (Fsp3) is 0.613. The van der Waals surface area contributed by atoms with Gasteiger partial charge in [0.25, 0.3) is 0 Å². The van der Waals surface area contributed by atoms with Crippen LogP contribution in [0.25, 0.3) is 22.2 Å². The zero-order valence-electron chi connectivity index (χ0n) is 22.6. The Morgan fingerprint density at radius 3 is 2.41 bits per heavy atom. The smallest absolute Gasteiger partial charge is 0.224 e. The van der Waals surface area contributed by atoms with Crippen molar-refractivity contribution in [1.82, 2.24) is 19.4 Å². The number of fused-ring (bicyclic) bond motifs is 1. The Bertz CT molecular complexity index is 1180. The molecule has 37 heavy (non-hydrogen) atoms. The first-order valence-electron chi connectivity index (χ1n) is 14.6. The van der Waals surface area contributed by atoms with Crippen LogP contribution in [0.2, 0.25) is 0 Å². The Balaban J connectivity index is 1.28. The number of aliphatic hydroxyl groups excluding tert-OH is 1. The molecule has 6 heteroatoms. The van der Waals surface area contributed by atoms with Crippen molar-refractivity contribution < 1.29 is 5.11 Å². The molecule has 0 radical (unpaired) electrons. The molecule has 3 heterocycles. The molecule has 1 atom stereocenters. The molecule has 3 aliphatic rings. The number of aliphatic hydroxyl groups is 1. The highest BCUT2D eigenvalue weighted by molar-refractivity contribution is 5.94. The second-order valence-electron chi connectivity index (χ2n) is 12.1. The highest BCUT2D eigenvalue weighted by Crippen LogP contribution is 2.37. The van der Waals surface area contributed by atoms with Gasteiger partial charge in [-0.15, -0.1) is 0 Å². The fourth-order valence-electron chi connectivity index (χ4n) is 6.62. The van der Waals surface area contributed by atoms with Gasteiger partial charge in [0.1, 0.15) is 5.65 Å². The molecule has 6 nitrogen and oxygen atoms in total. The molecule has 198 valence electrons. The predicted octanol–water partition coefficient (Wildman–Crippen LogP) is 6.06. The molecule has 2 saturated carbocycles. The number of aromatic nitrogens is 3. The molecule has 1 saturated heterocycles. The minimum Gasteiger partial charge on any atom is -0.393 e. The average Bonchev–Trinajstić information content (AvgIpc) is 3.24. The van der Waals surface area contributed by atoms with E-state index >= 15 is 0 Å². The molecule has 0 bridgehead atoms. The average molecular weight is 502 g/mol. The van der Waals surface area contributed by atoms with Crippen LogP contribution in [0.4, 0.5) is 5.95 Å². The van der Waals surface area contributed by atoms with Gasteiger partial charge in [-0.3, -0.25) is 0 Å². The van der Waals surface area contributed by atoms with Crippen molar-refractivity contribution in [3.8, 4) is 11.1 Å². The van der Waals surface area contributed by atoms with E-state index in [0.29, 0.717) is 12.1 Å². The molecule has 1 aliphatic heterocycles. The van der Waals surface area contributed by atoms with Crippen molar-refractivity contribution in [2.24, 2.45) is 11.8 Å². The van der Waals surface area contributed by atoms with Crippen molar-refractivity contribution >= 4 is 17.0 Å². The summed E-state index contributed by atoms with van der Waals surface area (Å²) in [5.41, 5.74) is 4.91. The molecule has 3 aromatic rings. The van der Waals surface area contributed by atoms with Gasteiger partial charge in [-0.25, -0.2) is 4.98 Å². The number of nitrogens with one attached hydrogen (secondary N) is 1. The van der Waals surface area contributed by atoms with Crippen LogP contribution in [-0.4, -0.2) is 56.8 Å². The van der Waals surface area contributed by atoms with Crippen molar-refractivity contribution in [2.45, 2.75) is 89.3 Å². The van der Waals surface area contributed by atoms with Crippen LogP contribution in [-0.2, 0) is 6.42 Å². The quantitative estimate of drug-likeness (QED) is 0.412. The number of benzene rings is 1. The summed E-state index contributed by atoms with van der Waals surface area (Å²) in [7, 11) is 2.23. The van der Waals surface area contributed by atoms with E-state index in [2.05, 4.69) is 59.2 Å². The van der Waals surface area contributed by atoms with E-state index in [4.69, 9.17) is 9.97 Å². The van der Waals surface area contributed by atoms with Gasteiger partial charge in [0.15, 0.2) is 0 Å². The Morgan fingerprint density at radius 2 is 1.73 bits per heavy atom. The third-order valence-corrected chi connectivity index (χ3v) is 9.47. The monoisotopic (exact) mass is 501 g/mol. The molecule has 3 fully saturated rings. The first kappa shape index (κ1) is 24.9. The van der Waals surface area contributed by atoms with E-state index in [1.165, 1.54) is 68.3 Å². The number of likely N-dealkylation sites (tertiary alicyclic amines) is 1. The van der Waals surface area contributed by atoms with Crippen molar-refractivity contribution in [3.63, 3.8) is 0 Å². The first-order valence-corrected chi connectivity index (χ1v) is 14.6. The van der Waals surface area contributed by atoms with Crippen LogP contribution in [0.15, 0.2) is 36.7 Å². The van der Waals surface area contributed by atoms with Gasteiger partial charge >= 0.3 is 0 Å². The van der Waals surface area contributed by atoms with Crippen LogP contribution in [0.5, 0.6) is 0 Å². The van der Waals surface area contributed by atoms with E-state index in [1.54, 1.807) is 0 Å². The number of nitrogens with zero attached hydrogens (tertiary/aromatic N) is 4. The van der Waals surface area contributed by atoms with Gasteiger partial charge in [-0.1, -0.05) is 30.7 Å². The van der Waals surface area contributed by atoms with E-state index in [1.807, 2.05) is 6.20 Å². The standard InChI is InChI=1S/C31H43N5O/c1-21(24-4-3-5-24)33-31-32-19-28-29(20-36(30(28)34-31)26-10-12-27(37)13-11-26)25-8-6-22(7-9-25)18-23-14-16-35(2)17-15-23/h6-9,19-21,23-24,26-27,37H,3-5,10-18H2,1-2H3,(H,32,33,34)/t21-,26?,27?/m0/s1. The molecule has 0 spiro atoms. The summed E-state index contributed by atoms with van der Waals surface area (Å²) in [6.45, 7) is 4.70. The van der Waals surface area contributed by atoms with Gasteiger partial charge < -0.3 is 19.9 Å². The highest BCUT2D eigenvalue weighted by atomic mass is 16.3. The lowest BCUT2D eigenvalue weighted by atomic mass is 9.80. The lowest BCUT2D eigenvalue weighted by Crippen LogP contribution is -2.31. The van der Waals surface area contributed by atoms with Gasteiger partial charge in [0.05, 0.1) is 6.10 Å². The normalized spacial score (nSPS) is 24.7. The maximum absolute atomic E-state index is 10.1. The maximum Gasteiger partial charge on any atom is 0.224 e. The SMILES string of the molecule is C[C@H](Nc1ncc2c(-c3ccc(CC4CCN(C)CC4)cc3)cn(C3CCC(O)CC3)c2n1)C1CCC1. The molecule has 0 amide bonds. The Hall–Kier alpha value is -2.44. The summed E-state index contributed by atoms with van der Waals surface area (Å²) in [5.74, 6) is 2.27. The molecular formula is C31H43N5O. The van der Waals surface area contributed by atoms with Crippen LogP contribution < -0.4 is 5.32 Å². The molecule has 0 unspecified atom stereocenters. The van der Waals surface area contributed by atoms with E-state index in [9.17, 15) is 5.11 Å². The first-order chi connectivity index (χ1) is 18.0. The van der Waals surface area contributed by atoms with E-state index < -0.39 is 0 Å². The minimum atomic E-state index is -0.162. The minimum absolute atomic E-state index is 0.162. The molecule has 2 N–H and O–H groups in total.